The fourth-order valence-electron chi connectivity index (χ4n) is 0.717. The van der Waals surface area contributed by atoms with Gasteiger partial charge in [0.15, 0.2) is 0 Å². The molecular weight excluding hydrogens is 218 g/mol. The topological polar surface area (TPSA) is 21.3 Å². The van der Waals surface area contributed by atoms with E-state index in [-0.39, 0.29) is 0 Å². The van der Waals surface area contributed by atoms with Gasteiger partial charge in [-0.1, -0.05) is 35.9 Å². The van der Waals surface area contributed by atoms with E-state index in [0.29, 0.717) is 0 Å². The van der Waals surface area contributed by atoms with Gasteiger partial charge in [-0.15, -0.1) is 0 Å². The number of halogens is 1. The molecule has 0 rings (SSSR count). The van der Waals surface area contributed by atoms with Crippen molar-refractivity contribution in [3.63, 3.8) is 0 Å². The third-order valence-corrected chi connectivity index (χ3v) is 1.66. The van der Waals surface area contributed by atoms with Crippen molar-refractivity contribution in [1.29, 1.82) is 0 Å². The number of hydrogen-bond donors (Lipinski definition) is 1. The molecule has 0 aliphatic carbocycles. The average Bonchev–Trinajstić information content (AvgIpc) is 2.02. The van der Waals surface area contributed by atoms with Crippen LogP contribution in [0.1, 0.15) is 19.8 Å². The first-order valence-corrected chi connectivity index (χ1v) is 5.18. The Morgan fingerprint density at radius 3 is 2.83 bits per heavy atom. The second kappa shape index (κ2) is 9.23. The van der Waals surface area contributed by atoms with E-state index in [9.17, 15) is 0 Å². The summed E-state index contributed by atoms with van der Waals surface area (Å²) in [6, 6.07) is 0. The van der Waals surface area contributed by atoms with Gasteiger partial charge in [0.05, 0.1) is 6.61 Å². The molecule has 1 N–H and O–H groups in total. The van der Waals surface area contributed by atoms with Crippen molar-refractivity contribution in [2.24, 2.45) is 0 Å². The van der Waals surface area contributed by atoms with Crippen LogP contribution in [-0.2, 0) is 4.74 Å². The zero-order chi connectivity index (χ0) is 9.23. The summed E-state index contributed by atoms with van der Waals surface area (Å²) in [5.41, 5.74) is 0. The molecule has 0 atom stereocenters. The molecule has 0 aromatic carbocycles. The van der Waals surface area contributed by atoms with E-state index < -0.39 is 0 Å². The van der Waals surface area contributed by atoms with Crippen molar-refractivity contribution >= 4 is 15.9 Å². The van der Waals surface area contributed by atoms with Crippen LogP contribution in [0, 0.1) is 0 Å². The minimum absolute atomic E-state index is 0.792. The highest BCUT2D eigenvalue weighted by atomic mass is 79.9. The van der Waals surface area contributed by atoms with Crippen LogP contribution >= 0.6 is 15.9 Å². The Balaban J connectivity index is 2.86. The Morgan fingerprint density at radius 2 is 2.25 bits per heavy atom. The van der Waals surface area contributed by atoms with E-state index in [1.807, 2.05) is 0 Å². The van der Waals surface area contributed by atoms with E-state index in [2.05, 4.69) is 34.7 Å². The lowest BCUT2D eigenvalue weighted by Gasteiger charge is -2.04. The maximum absolute atomic E-state index is 5.35. The van der Waals surface area contributed by atoms with Crippen molar-refractivity contribution in [2.45, 2.75) is 19.8 Å². The number of hydrogen-bond acceptors (Lipinski definition) is 2. The molecule has 0 saturated carbocycles. The van der Waals surface area contributed by atoms with E-state index in [4.69, 9.17) is 4.74 Å². The van der Waals surface area contributed by atoms with Gasteiger partial charge in [-0.3, -0.25) is 0 Å². The molecule has 0 heterocycles. The molecular formula is C9H18BrNO. The molecule has 2 nitrogen and oxygen atoms in total. The van der Waals surface area contributed by atoms with Gasteiger partial charge in [-0.2, -0.15) is 0 Å². The highest BCUT2D eigenvalue weighted by Gasteiger charge is 1.89. The monoisotopic (exact) mass is 235 g/mol. The van der Waals surface area contributed by atoms with E-state index in [1.54, 1.807) is 0 Å². The molecule has 3 heteroatoms. The molecule has 0 fully saturated rings. The standard InChI is InChI=1S/C9H18BrNO/c1-3-4-6-12-7-5-11-8-9(2)10/h11H,2-8H2,1H3. The average molecular weight is 236 g/mol. The molecule has 0 unspecified atom stereocenters. The third-order valence-electron chi connectivity index (χ3n) is 1.38. The second-order valence-electron chi connectivity index (χ2n) is 2.66. The van der Waals surface area contributed by atoms with Gasteiger partial charge >= 0.3 is 0 Å². The Hall–Kier alpha value is 0.140. The van der Waals surface area contributed by atoms with Gasteiger partial charge in [0.25, 0.3) is 0 Å². The molecule has 0 aromatic rings. The summed E-state index contributed by atoms with van der Waals surface area (Å²) in [5.74, 6) is 0. The van der Waals surface area contributed by atoms with Crippen molar-refractivity contribution < 1.29 is 4.74 Å². The normalized spacial score (nSPS) is 10.2. The summed E-state index contributed by atoms with van der Waals surface area (Å²) in [7, 11) is 0. The number of rotatable bonds is 8. The van der Waals surface area contributed by atoms with Crippen LogP contribution in [0.4, 0.5) is 0 Å². The zero-order valence-electron chi connectivity index (χ0n) is 7.74. The molecule has 0 amide bonds. The zero-order valence-corrected chi connectivity index (χ0v) is 9.32. The third kappa shape index (κ3) is 10.1. The summed E-state index contributed by atoms with van der Waals surface area (Å²) in [5, 5.41) is 3.19. The summed E-state index contributed by atoms with van der Waals surface area (Å²) < 4.78 is 6.33. The lowest BCUT2D eigenvalue weighted by molar-refractivity contribution is 0.133. The first-order chi connectivity index (χ1) is 5.77. The predicted molar refractivity (Wildman–Crippen MR) is 56.7 cm³/mol. The number of ether oxygens (including phenoxy) is 1. The fourth-order valence-corrected chi connectivity index (χ4v) is 0.915. The molecule has 0 bridgehead atoms. The highest BCUT2D eigenvalue weighted by molar-refractivity contribution is 9.11. The molecule has 0 aliphatic rings. The molecule has 0 radical (unpaired) electrons. The van der Waals surface area contributed by atoms with Gasteiger partial charge in [-0.05, 0) is 6.42 Å². The molecule has 12 heavy (non-hydrogen) atoms. The first-order valence-electron chi connectivity index (χ1n) is 4.39. The van der Waals surface area contributed by atoms with Crippen LogP contribution in [0.3, 0.4) is 0 Å². The summed E-state index contributed by atoms with van der Waals surface area (Å²) in [4.78, 5) is 0. The van der Waals surface area contributed by atoms with Crippen LogP contribution in [0.25, 0.3) is 0 Å². The van der Waals surface area contributed by atoms with Crippen molar-refractivity contribution in [1.82, 2.24) is 5.32 Å². The van der Waals surface area contributed by atoms with Crippen LogP contribution in [0.2, 0.25) is 0 Å². The van der Waals surface area contributed by atoms with Gasteiger partial charge < -0.3 is 10.1 Å². The Kier molecular flexibility index (Phi) is 9.34. The molecule has 72 valence electrons. The summed E-state index contributed by atoms with van der Waals surface area (Å²) in [6.45, 7) is 9.27. The molecule has 0 saturated heterocycles. The van der Waals surface area contributed by atoms with Crippen molar-refractivity contribution in [2.75, 3.05) is 26.3 Å². The minimum Gasteiger partial charge on any atom is -0.380 e. The van der Waals surface area contributed by atoms with Crippen LogP contribution in [0.5, 0.6) is 0 Å². The van der Waals surface area contributed by atoms with E-state index in [1.165, 1.54) is 6.42 Å². The smallest absolute Gasteiger partial charge is 0.0591 e. The first kappa shape index (κ1) is 12.1. The van der Waals surface area contributed by atoms with Crippen LogP contribution < -0.4 is 5.32 Å². The van der Waals surface area contributed by atoms with E-state index >= 15 is 0 Å². The molecule has 0 spiro atoms. The maximum Gasteiger partial charge on any atom is 0.0591 e. The predicted octanol–water partition coefficient (Wildman–Crippen LogP) is 2.30. The van der Waals surface area contributed by atoms with Gasteiger partial charge in [0.2, 0.25) is 0 Å². The van der Waals surface area contributed by atoms with Gasteiger partial charge in [-0.25, -0.2) is 0 Å². The Labute approximate surface area is 83.5 Å². The van der Waals surface area contributed by atoms with Crippen LogP contribution in [-0.4, -0.2) is 26.3 Å². The van der Waals surface area contributed by atoms with Crippen LogP contribution in [0.15, 0.2) is 11.1 Å². The van der Waals surface area contributed by atoms with Gasteiger partial charge in [0.1, 0.15) is 0 Å². The lowest BCUT2D eigenvalue weighted by Crippen LogP contribution is -2.20. The minimum atomic E-state index is 0.792. The quantitative estimate of drug-likeness (QED) is 0.653. The van der Waals surface area contributed by atoms with Gasteiger partial charge in [0, 0.05) is 24.2 Å². The highest BCUT2D eigenvalue weighted by Crippen LogP contribution is 1.95. The number of nitrogens with one attached hydrogen (secondary N) is 1. The fraction of sp³-hybridized carbons (Fsp3) is 0.778. The second-order valence-corrected chi connectivity index (χ2v) is 3.78. The molecule has 0 aliphatic heterocycles. The van der Waals surface area contributed by atoms with Crippen molar-refractivity contribution in [3.8, 4) is 0 Å². The molecule has 0 aromatic heterocycles. The largest absolute Gasteiger partial charge is 0.380 e. The Morgan fingerprint density at radius 1 is 1.50 bits per heavy atom. The van der Waals surface area contributed by atoms with Crippen molar-refractivity contribution in [3.05, 3.63) is 11.1 Å². The van der Waals surface area contributed by atoms with E-state index in [0.717, 1.165) is 37.2 Å². The lowest BCUT2D eigenvalue weighted by atomic mass is 10.4. The summed E-state index contributed by atoms with van der Waals surface area (Å²) >= 11 is 3.27. The maximum atomic E-state index is 5.35. The summed E-state index contributed by atoms with van der Waals surface area (Å²) in [6.07, 6.45) is 2.36. The Bertz CT molecular complexity index is 117. The SMILES string of the molecule is C=C(Br)CNCCOCCCC. The number of unbranched alkanes of at least 4 members (excludes halogenated alkanes) is 1.